The molecule has 0 saturated heterocycles. The van der Waals surface area contributed by atoms with Crippen LogP contribution in [0.2, 0.25) is 0 Å². The van der Waals surface area contributed by atoms with Crippen LogP contribution >= 0.6 is 0 Å². The molecular formula is C33H53NO9. The molecule has 0 fully saturated rings. The summed E-state index contributed by atoms with van der Waals surface area (Å²) in [5.74, 6) is -1.18. The fourth-order valence-electron chi connectivity index (χ4n) is 4.93. The van der Waals surface area contributed by atoms with Gasteiger partial charge in [0.2, 0.25) is 5.91 Å². The molecule has 10 nitrogen and oxygen atoms in total. The van der Waals surface area contributed by atoms with Crippen LogP contribution in [0.3, 0.4) is 0 Å². The van der Waals surface area contributed by atoms with Crippen molar-refractivity contribution in [2.45, 2.75) is 84.8 Å². The number of hydrogen-bond acceptors (Lipinski definition) is 9. The van der Waals surface area contributed by atoms with Crippen LogP contribution in [-0.2, 0) is 39.8 Å². The quantitative estimate of drug-likeness (QED) is 0.212. The van der Waals surface area contributed by atoms with Crippen LogP contribution < -0.4 is 10.1 Å². The average Bonchev–Trinajstić information content (AvgIpc) is 2.93. The number of carbonyl (C=O) groups is 3. The lowest BCUT2D eigenvalue weighted by Gasteiger charge is -2.31. The minimum absolute atomic E-state index is 0.0151. The number of amides is 1. The molecule has 3 atom stereocenters. The van der Waals surface area contributed by atoms with Crippen LogP contribution in [0.1, 0.15) is 72.3 Å². The highest BCUT2D eigenvalue weighted by atomic mass is 16.6. The van der Waals surface area contributed by atoms with E-state index in [0.717, 1.165) is 11.3 Å². The van der Waals surface area contributed by atoms with Gasteiger partial charge >= 0.3 is 5.97 Å². The predicted molar refractivity (Wildman–Crippen MR) is 163 cm³/mol. The minimum Gasteiger partial charge on any atom is -0.494 e. The SMILES string of the molecule is CC(C)C[C@H]1C(=O)N[C@H](C(=O)CCCOCCOCCOCCO)Cc2ccc(cc2)OCCC[C@@H]1C(=O)OC(C)(C)C. The highest BCUT2D eigenvalue weighted by Crippen LogP contribution is 2.29. The van der Waals surface area contributed by atoms with Crippen LogP contribution in [0.25, 0.3) is 0 Å². The van der Waals surface area contributed by atoms with Gasteiger partial charge in [-0.1, -0.05) is 26.0 Å². The zero-order chi connectivity index (χ0) is 31.7. The zero-order valence-corrected chi connectivity index (χ0v) is 26.7. The second-order valence-corrected chi connectivity index (χ2v) is 12.4. The van der Waals surface area contributed by atoms with Crippen molar-refractivity contribution in [1.82, 2.24) is 5.32 Å². The largest absolute Gasteiger partial charge is 0.494 e. The number of carbonyl (C=O) groups excluding carboxylic acids is 3. The lowest BCUT2D eigenvalue weighted by atomic mass is 9.81. The van der Waals surface area contributed by atoms with Crippen LogP contribution in [0.4, 0.5) is 0 Å². The number of ether oxygens (including phenoxy) is 5. The van der Waals surface area contributed by atoms with Gasteiger partial charge < -0.3 is 34.1 Å². The summed E-state index contributed by atoms with van der Waals surface area (Å²) in [5.41, 5.74) is 0.220. The maximum Gasteiger partial charge on any atom is 0.310 e. The Labute approximate surface area is 257 Å². The Balaban J connectivity index is 2.09. The number of aliphatic hydroxyl groups is 1. The van der Waals surface area contributed by atoms with Gasteiger partial charge in [-0.05, 0) is 76.5 Å². The molecule has 2 N–H and O–H groups in total. The van der Waals surface area contributed by atoms with E-state index in [0.29, 0.717) is 71.7 Å². The van der Waals surface area contributed by atoms with Gasteiger partial charge in [-0.15, -0.1) is 0 Å². The van der Waals surface area contributed by atoms with E-state index in [-0.39, 0.29) is 37.2 Å². The first-order valence-corrected chi connectivity index (χ1v) is 15.6. The molecule has 10 heteroatoms. The molecule has 2 bridgehead atoms. The van der Waals surface area contributed by atoms with Gasteiger partial charge in [0.1, 0.15) is 11.4 Å². The summed E-state index contributed by atoms with van der Waals surface area (Å²) in [4.78, 5) is 40.7. The molecule has 0 aromatic heterocycles. The van der Waals surface area contributed by atoms with Crippen LogP contribution in [0, 0.1) is 17.8 Å². The second kappa shape index (κ2) is 19.7. The number of aliphatic hydroxyl groups excluding tert-OH is 1. The van der Waals surface area contributed by atoms with Gasteiger partial charge in [-0.3, -0.25) is 14.4 Å². The van der Waals surface area contributed by atoms with Crippen LogP contribution in [-0.4, -0.2) is 87.3 Å². The number of rotatable bonds is 16. The van der Waals surface area contributed by atoms with E-state index >= 15 is 0 Å². The number of ketones is 1. The van der Waals surface area contributed by atoms with Crippen molar-refractivity contribution in [3.63, 3.8) is 0 Å². The molecule has 3 rings (SSSR count). The van der Waals surface area contributed by atoms with Crippen molar-refractivity contribution >= 4 is 17.7 Å². The smallest absolute Gasteiger partial charge is 0.310 e. The summed E-state index contributed by atoms with van der Waals surface area (Å²) in [6.07, 6.45) is 2.60. The first kappa shape index (κ1) is 36.7. The number of fused-ring (bicyclic) bond motifs is 11. The number of nitrogens with one attached hydrogen (secondary N) is 1. The molecule has 0 unspecified atom stereocenters. The molecule has 244 valence electrons. The lowest BCUT2D eigenvalue weighted by molar-refractivity contribution is -0.164. The van der Waals surface area contributed by atoms with Gasteiger partial charge in [0.25, 0.3) is 0 Å². The van der Waals surface area contributed by atoms with Gasteiger partial charge in [-0.25, -0.2) is 0 Å². The van der Waals surface area contributed by atoms with Crippen molar-refractivity contribution in [1.29, 1.82) is 0 Å². The first-order chi connectivity index (χ1) is 20.5. The van der Waals surface area contributed by atoms with Crippen molar-refractivity contribution < 1.29 is 43.2 Å². The van der Waals surface area contributed by atoms with Crippen molar-refractivity contribution in [3.8, 4) is 5.75 Å². The molecule has 0 aliphatic carbocycles. The molecular weight excluding hydrogens is 554 g/mol. The molecule has 1 amide bonds. The van der Waals surface area contributed by atoms with E-state index < -0.39 is 29.4 Å². The molecule has 2 aliphatic rings. The summed E-state index contributed by atoms with van der Waals surface area (Å²) >= 11 is 0. The van der Waals surface area contributed by atoms with Crippen molar-refractivity contribution in [2.75, 3.05) is 52.9 Å². The Morgan fingerprint density at radius 2 is 1.63 bits per heavy atom. The number of benzene rings is 1. The van der Waals surface area contributed by atoms with Crippen molar-refractivity contribution in [3.05, 3.63) is 29.8 Å². The molecule has 0 spiro atoms. The molecule has 43 heavy (non-hydrogen) atoms. The van der Waals surface area contributed by atoms with E-state index in [2.05, 4.69) is 5.32 Å². The standard InChI is InChI=1S/C33H53NO9/c1-24(2)22-28-27(32(38)43-33(3,4)5)8-6-16-42-26-12-10-25(11-13-26)23-29(34-31(28)37)30(36)9-7-15-39-18-20-41-21-19-40-17-14-35/h10-13,24,27-29,35H,6-9,14-23H2,1-5H3,(H,34,37)/t27-,28+,29-/m0/s1. The Morgan fingerprint density at radius 1 is 1.00 bits per heavy atom. The molecule has 2 heterocycles. The Kier molecular flexibility index (Phi) is 16.8. The monoisotopic (exact) mass is 607 g/mol. The summed E-state index contributed by atoms with van der Waals surface area (Å²) in [7, 11) is 0. The third kappa shape index (κ3) is 15.2. The maximum absolute atomic E-state index is 13.9. The lowest BCUT2D eigenvalue weighted by Crippen LogP contribution is -2.48. The Bertz CT molecular complexity index is 958. The third-order valence-electron chi connectivity index (χ3n) is 6.95. The second-order valence-electron chi connectivity index (χ2n) is 12.4. The number of Topliss-reactive ketones (excluding diaryl/α,β-unsaturated/α-hetero) is 1. The first-order valence-electron chi connectivity index (χ1n) is 15.6. The summed E-state index contributed by atoms with van der Waals surface area (Å²) in [6.45, 7) is 12.2. The summed E-state index contributed by atoms with van der Waals surface area (Å²) in [5, 5.41) is 11.7. The zero-order valence-electron chi connectivity index (χ0n) is 26.7. The van der Waals surface area contributed by atoms with Gasteiger partial charge in [0.15, 0.2) is 5.78 Å². The number of esters is 1. The molecule has 1 aromatic rings. The molecule has 0 saturated carbocycles. The van der Waals surface area contributed by atoms with E-state index in [1.54, 1.807) is 0 Å². The highest BCUT2D eigenvalue weighted by molar-refractivity contribution is 5.91. The molecule has 2 aliphatic heterocycles. The maximum atomic E-state index is 13.9. The van der Waals surface area contributed by atoms with Gasteiger partial charge in [-0.2, -0.15) is 0 Å². The van der Waals surface area contributed by atoms with Gasteiger partial charge in [0, 0.05) is 13.0 Å². The Morgan fingerprint density at radius 3 is 2.23 bits per heavy atom. The fourth-order valence-corrected chi connectivity index (χ4v) is 4.93. The molecule has 1 aromatic carbocycles. The van der Waals surface area contributed by atoms with Crippen LogP contribution in [0.15, 0.2) is 24.3 Å². The van der Waals surface area contributed by atoms with E-state index in [1.807, 2.05) is 58.9 Å². The summed E-state index contributed by atoms with van der Waals surface area (Å²) < 4.78 is 27.8. The predicted octanol–water partition coefficient (Wildman–Crippen LogP) is 3.90. The van der Waals surface area contributed by atoms with E-state index in [9.17, 15) is 14.4 Å². The van der Waals surface area contributed by atoms with Crippen LogP contribution in [0.5, 0.6) is 5.75 Å². The summed E-state index contributed by atoms with van der Waals surface area (Å²) in [6, 6.07) is 6.83. The third-order valence-corrected chi connectivity index (χ3v) is 6.95. The fraction of sp³-hybridized carbons (Fsp3) is 0.727. The van der Waals surface area contributed by atoms with E-state index in [4.69, 9.17) is 28.8 Å². The van der Waals surface area contributed by atoms with Crippen molar-refractivity contribution in [2.24, 2.45) is 17.8 Å². The minimum atomic E-state index is -0.738. The highest BCUT2D eigenvalue weighted by Gasteiger charge is 2.38. The Hall–Kier alpha value is -2.53. The molecule has 0 radical (unpaired) electrons. The van der Waals surface area contributed by atoms with Gasteiger partial charge in [0.05, 0.1) is 64.1 Å². The topological polar surface area (TPSA) is 130 Å². The normalized spacial score (nSPS) is 19.9. The number of hydrogen-bond donors (Lipinski definition) is 2. The van der Waals surface area contributed by atoms with E-state index in [1.165, 1.54) is 0 Å². The average molecular weight is 608 g/mol.